The molecule has 0 bridgehead atoms. The Morgan fingerprint density at radius 3 is 2.65 bits per heavy atom. The van der Waals surface area contributed by atoms with Gasteiger partial charge in [-0.1, -0.05) is 0 Å². The number of thiazole rings is 1. The molecule has 0 radical (unpaired) electrons. The minimum absolute atomic E-state index is 0.0814. The van der Waals surface area contributed by atoms with Crippen LogP contribution in [0.5, 0.6) is 0 Å². The smallest absolute Gasteiger partial charge is 0.270 e. The molecule has 0 spiro atoms. The topological polar surface area (TPSA) is 91.6 Å². The molecule has 1 saturated heterocycles. The summed E-state index contributed by atoms with van der Waals surface area (Å²) in [5, 5.41) is 16.7. The normalized spacial score (nSPS) is 14.8. The zero-order chi connectivity index (χ0) is 18.7. The van der Waals surface area contributed by atoms with Gasteiger partial charge in [0.05, 0.1) is 21.9 Å². The molecule has 3 rings (SSSR count). The van der Waals surface area contributed by atoms with Crippen molar-refractivity contribution in [1.82, 2.24) is 10.3 Å². The number of nitro benzene ring substituents is 1. The number of aryl methyl sites for hydroxylation is 1. The van der Waals surface area contributed by atoms with E-state index in [0.717, 1.165) is 49.1 Å². The first-order valence-corrected chi connectivity index (χ1v) is 9.30. The highest BCUT2D eigenvalue weighted by Crippen LogP contribution is 2.28. The summed E-state index contributed by atoms with van der Waals surface area (Å²) in [6.45, 7) is 5.17. The first kappa shape index (κ1) is 18.1. The number of hydrogen-bond donors (Lipinski definition) is 1. The molecule has 9 heteroatoms. The lowest BCUT2D eigenvalue weighted by molar-refractivity contribution is -0.384. The third kappa shape index (κ3) is 3.77. The third-order valence-corrected chi connectivity index (χ3v) is 5.40. The second-order valence-electron chi connectivity index (χ2n) is 6.14. The van der Waals surface area contributed by atoms with E-state index in [2.05, 4.69) is 20.1 Å². The van der Waals surface area contributed by atoms with Crippen molar-refractivity contribution in [2.45, 2.75) is 13.3 Å². The third-order valence-electron chi connectivity index (χ3n) is 4.38. The summed E-state index contributed by atoms with van der Waals surface area (Å²) in [6.07, 6.45) is 0.919. The van der Waals surface area contributed by atoms with E-state index in [0.29, 0.717) is 5.56 Å². The van der Waals surface area contributed by atoms with Gasteiger partial charge in [0.25, 0.3) is 11.6 Å². The molecule has 1 N–H and O–H groups in total. The molecule has 138 valence electrons. The first-order chi connectivity index (χ1) is 12.5. The predicted molar refractivity (Wildman–Crippen MR) is 102 cm³/mol. The number of benzene rings is 1. The molecule has 1 fully saturated rings. The number of nitrogens with one attached hydrogen (secondary N) is 1. The van der Waals surface area contributed by atoms with Crippen molar-refractivity contribution in [2.75, 3.05) is 43.0 Å². The number of amides is 1. The van der Waals surface area contributed by atoms with Gasteiger partial charge in [0.15, 0.2) is 5.13 Å². The second-order valence-corrected chi connectivity index (χ2v) is 6.97. The Morgan fingerprint density at radius 1 is 1.27 bits per heavy atom. The Morgan fingerprint density at radius 2 is 2.00 bits per heavy atom. The fourth-order valence-corrected chi connectivity index (χ4v) is 3.92. The summed E-state index contributed by atoms with van der Waals surface area (Å²) in [7, 11) is 1.53. The summed E-state index contributed by atoms with van der Waals surface area (Å²) >= 11 is 1.64. The Balaban J connectivity index is 1.84. The Bertz CT molecular complexity index is 822. The van der Waals surface area contributed by atoms with Crippen LogP contribution in [0.4, 0.5) is 16.5 Å². The molecule has 0 saturated carbocycles. The van der Waals surface area contributed by atoms with Crippen molar-refractivity contribution in [2.24, 2.45) is 0 Å². The lowest BCUT2D eigenvalue weighted by atomic mass is 10.1. The van der Waals surface area contributed by atoms with E-state index >= 15 is 0 Å². The molecule has 0 atom stereocenters. The van der Waals surface area contributed by atoms with Crippen molar-refractivity contribution in [3.63, 3.8) is 0 Å². The van der Waals surface area contributed by atoms with E-state index in [1.54, 1.807) is 17.4 Å². The number of nitrogens with zero attached hydrogens (tertiary/aromatic N) is 4. The van der Waals surface area contributed by atoms with Crippen LogP contribution in [-0.4, -0.2) is 49.0 Å². The molecule has 0 unspecified atom stereocenters. The lowest BCUT2D eigenvalue weighted by Crippen LogP contribution is -2.32. The zero-order valence-corrected chi connectivity index (χ0v) is 15.6. The molecular formula is C17H21N5O3S. The number of anilines is 2. The maximum atomic E-state index is 12.2. The summed E-state index contributed by atoms with van der Waals surface area (Å²) in [5.74, 6) is -0.319. The van der Waals surface area contributed by atoms with Crippen molar-refractivity contribution in [1.29, 1.82) is 0 Å². The number of hydrogen-bond acceptors (Lipinski definition) is 7. The Hall–Kier alpha value is -2.68. The van der Waals surface area contributed by atoms with Crippen LogP contribution in [0, 0.1) is 17.0 Å². The van der Waals surface area contributed by atoms with E-state index in [9.17, 15) is 14.9 Å². The molecule has 1 aromatic heterocycles. The van der Waals surface area contributed by atoms with Crippen LogP contribution in [0.25, 0.3) is 0 Å². The summed E-state index contributed by atoms with van der Waals surface area (Å²) in [4.78, 5) is 31.7. The van der Waals surface area contributed by atoms with E-state index in [4.69, 9.17) is 0 Å². The number of carbonyl (C=O) groups is 1. The Labute approximate surface area is 155 Å². The van der Waals surface area contributed by atoms with E-state index in [-0.39, 0.29) is 11.6 Å². The molecular weight excluding hydrogens is 354 g/mol. The van der Waals surface area contributed by atoms with Gasteiger partial charge in [0, 0.05) is 50.7 Å². The fourth-order valence-electron chi connectivity index (χ4n) is 3.07. The van der Waals surface area contributed by atoms with Gasteiger partial charge in [-0.2, -0.15) is 0 Å². The van der Waals surface area contributed by atoms with Crippen molar-refractivity contribution >= 4 is 33.8 Å². The van der Waals surface area contributed by atoms with Crippen LogP contribution in [0.2, 0.25) is 0 Å². The van der Waals surface area contributed by atoms with Crippen molar-refractivity contribution < 1.29 is 9.72 Å². The molecule has 26 heavy (non-hydrogen) atoms. The Kier molecular flexibility index (Phi) is 5.36. The second kappa shape index (κ2) is 7.69. The number of carbonyl (C=O) groups excluding carboxylic acids is 1. The van der Waals surface area contributed by atoms with E-state index in [1.165, 1.54) is 19.2 Å². The van der Waals surface area contributed by atoms with Crippen LogP contribution < -0.4 is 15.1 Å². The largest absolute Gasteiger partial charge is 0.369 e. The molecule has 1 amide bonds. The molecule has 2 aromatic rings. The fraction of sp³-hybridized carbons (Fsp3) is 0.412. The summed E-state index contributed by atoms with van der Waals surface area (Å²) in [5.41, 5.74) is 2.00. The predicted octanol–water partition coefficient (Wildman–Crippen LogP) is 2.44. The van der Waals surface area contributed by atoms with Crippen LogP contribution in [-0.2, 0) is 0 Å². The minimum atomic E-state index is -0.481. The van der Waals surface area contributed by atoms with E-state index in [1.807, 2.05) is 12.3 Å². The van der Waals surface area contributed by atoms with Crippen LogP contribution in [0.3, 0.4) is 0 Å². The molecule has 1 aromatic carbocycles. The number of aromatic nitrogens is 1. The maximum Gasteiger partial charge on any atom is 0.270 e. The van der Waals surface area contributed by atoms with Gasteiger partial charge >= 0.3 is 0 Å². The molecule has 0 aliphatic carbocycles. The number of non-ortho nitro benzene ring substituents is 1. The van der Waals surface area contributed by atoms with Crippen LogP contribution in [0.15, 0.2) is 23.6 Å². The number of nitro groups is 1. The van der Waals surface area contributed by atoms with Gasteiger partial charge in [-0.15, -0.1) is 11.3 Å². The average molecular weight is 375 g/mol. The van der Waals surface area contributed by atoms with Crippen molar-refractivity contribution in [3.8, 4) is 0 Å². The molecule has 1 aliphatic heterocycles. The van der Waals surface area contributed by atoms with Gasteiger partial charge in [-0.3, -0.25) is 14.9 Å². The summed E-state index contributed by atoms with van der Waals surface area (Å²) in [6, 6.07) is 4.47. The highest BCUT2D eigenvalue weighted by atomic mass is 32.1. The van der Waals surface area contributed by atoms with Gasteiger partial charge in [-0.05, 0) is 19.4 Å². The van der Waals surface area contributed by atoms with Gasteiger partial charge in [-0.25, -0.2) is 4.98 Å². The van der Waals surface area contributed by atoms with Gasteiger partial charge < -0.3 is 15.1 Å². The van der Waals surface area contributed by atoms with Gasteiger partial charge in [0.2, 0.25) is 0 Å². The highest BCUT2D eigenvalue weighted by molar-refractivity contribution is 7.13. The summed E-state index contributed by atoms with van der Waals surface area (Å²) < 4.78 is 0. The zero-order valence-electron chi connectivity index (χ0n) is 14.8. The number of rotatable bonds is 4. The van der Waals surface area contributed by atoms with Crippen LogP contribution >= 0.6 is 11.3 Å². The van der Waals surface area contributed by atoms with Crippen molar-refractivity contribution in [3.05, 3.63) is 45.0 Å². The van der Waals surface area contributed by atoms with Gasteiger partial charge in [0.1, 0.15) is 0 Å². The van der Waals surface area contributed by atoms with E-state index < -0.39 is 4.92 Å². The average Bonchev–Trinajstić information content (AvgIpc) is 2.93. The monoisotopic (exact) mass is 375 g/mol. The SMILES string of the molecule is CNC(=O)c1cc([N+](=O)[O-])ccc1N1CCCN(c2nc(C)cs2)CC1. The minimum Gasteiger partial charge on any atom is -0.369 e. The maximum absolute atomic E-state index is 12.2. The quantitative estimate of drug-likeness (QED) is 0.652. The first-order valence-electron chi connectivity index (χ1n) is 8.42. The standard InChI is InChI=1S/C17H21N5O3S/c1-12-11-26-17(19-12)21-7-3-6-20(8-9-21)15-5-4-13(22(24)25)10-14(15)16(23)18-2/h4-5,10-11H,3,6-9H2,1-2H3,(H,18,23). The highest BCUT2D eigenvalue weighted by Gasteiger charge is 2.23. The lowest BCUT2D eigenvalue weighted by Gasteiger charge is -2.25. The molecule has 2 heterocycles. The van der Waals surface area contributed by atoms with Crippen LogP contribution in [0.1, 0.15) is 22.5 Å². The molecule has 8 nitrogen and oxygen atoms in total. The molecule has 1 aliphatic rings.